The molecule has 1 aliphatic rings. The second-order valence-electron chi connectivity index (χ2n) is 3.83. The molecule has 0 radical (unpaired) electrons. The number of halogens is 1. The first-order valence-corrected chi connectivity index (χ1v) is 4.67. The monoisotopic (exact) mass is 193 g/mol. The van der Waals surface area contributed by atoms with E-state index in [0.29, 0.717) is 18.4 Å². The zero-order valence-corrected chi connectivity index (χ0v) is 7.79. The molecule has 0 saturated heterocycles. The Balaban J connectivity index is 2.47. The Morgan fingerprint density at radius 1 is 1.50 bits per heavy atom. The fraction of sp³-hybridized carbons (Fsp3) is 0.364. The third kappa shape index (κ3) is 1.34. The van der Waals surface area contributed by atoms with Gasteiger partial charge in [-0.05, 0) is 30.5 Å². The first-order valence-electron chi connectivity index (χ1n) is 4.67. The number of nitrogens with two attached hydrogens (primary N) is 1. The van der Waals surface area contributed by atoms with E-state index in [4.69, 9.17) is 5.73 Å². The lowest BCUT2D eigenvalue weighted by molar-refractivity contribution is 0.112. The van der Waals surface area contributed by atoms with Crippen molar-refractivity contribution in [1.82, 2.24) is 0 Å². The molecule has 2 N–H and O–H groups in total. The fourth-order valence-electron chi connectivity index (χ4n) is 1.85. The van der Waals surface area contributed by atoms with Crippen LogP contribution < -0.4 is 5.73 Å². The van der Waals surface area contributed by atoms with Gasteiger partial charge in [-0.2, -0.15) is 0 Å². The zero-order chi connectivity index (χ0) is 10.2. The average molecular weight is 193 g/mol. The van der Waals surface area contributed by atoms with Gasteiger partial charge in [0, 0.05) is 17.5 Å². The first kappa shape index (κ1) is 9.34. The Kier molecular flexibility index (Phi) is 2.11. The van der Waals surface area contributed by atoms with Crippen molar-refractivity contribution in [2.75, 3.05) is 6.54 Å². The van der Waals surface area contributed by atoms with Crippen molar-refractivity contribution in [3.63, 3.8) is 0 Å². The van der Waals surface area contributed by atoms with Gasteiger partial charge in [0.1, 0.15) is 12.1 Å². The van der Waals surface area contributed by atoms with Crippen LogP contribution in [0.25, 0.3) is 0 Å². The molecule has 14 heavy (non-hydrogen) atoms. The van der Waals surface area contributed by atoms with Crippen molar-refractivity contribution < 1.29 is 9.18 Å². The number of hydrogen-bond acceptors (Lipinski definition) is 2. The van der Waals surface area contributed by atoms with Crippen LogP contribution in [0.15, 0.2) is 18.2 Å². The van der Waals surface area contributed by atoms with E-state index in [0.717, 1.165) is 18.4 Å². The predicted octanol–water partition coefficient (Wildman–Crippen LogP) is 1.63. The SMILES string of the molecule is NCC1(c2ccc(F)cc2C=O)CC1. The van der Waals surface area contributed by atoms with E-state index in [9.17, 15) is 9.18 Å². The maximum Gasteiger partial charge on any atom is 0.150 e. The molecule has 1 saturated carbocycles. The molecule has 0 amide bonds. The molecule has 0 aliphatic heterocycles. The molecular weight excluding hydrogens is 181 g/mol. The van der Waals surface area contributed by atoms with Crippen LogP contribution in [-0.4, -0.2) is 12.8 Å². The van der Waals surface area contributed by atoms with Gasteiger partial charge in [0.25, 0.3) is 0 Å². The summed E-state index contributed by atoms with van der Waals surface area (Å²) in [6, 6.07) is 4.34. The smallest absolute Gasteiger partial charge is 0.150 e. The molecule has 0 heterocycles. The van der Waals surface area contributed by atoms with Crippen LogP contribution in [0.4, 0.5) is 4.39 Å². The molecule has 1 aromatic rings. The largest absolute Gasteiger partial charge is 0.330 e. The number of carbonyl (C=O) groups is 1. The third-order valence-corrected chi connectivity index (χ3v) is 2.96. The predicted molar refractivity (Wildman–Crippen MR) is 51.8 cm³/mol. The summed E-state index contributed by atoms with van der Waals surface area (Å²) in [4.78, 5) is 10.8. The summed E-state index contributed by atoms with van der Waals surface area (Å²) in [6.45, 7) is 0.527. The van der Waals surface area contributed by atoms with Gasteiger partial charge >= 0.3 is 0 Å². The maximum absolute atomic E-state index is 12.9. The summed E-state index contributed by atoms with van der Waals surface area (Å²) < 4.78 is 12.9. The Morgan fingerprint density at radius 2 is 2.21 bits per heavy atom. The standard InChI is InChI=1S/C11H12FNO/c12-9-1-2-10(8(5-9)6-14)11(7-13)3-4-11/h1-2,5-6H,3-4,7,13H2. The molecule has 0 unspecified atom stereocenters. The van der Waals surface area contributed by atoms with Crippen LogP contribution in [0.1, 0.15) is 28.8 Å². The van der Waals surface area contributed by atoms with Gasteiger partial charge < -0.3 is 5.73 Å². The zero-order valence-electron chi connectivity index (χ0n) is 7.79. The van der Waals surface area contributed by atoms with E-state index in [1.165, 1.54) is 12.1 Å². The van der Waals surface area contributed by atoms with Crippen molar-refractivity contribution in [2.45, 2.75) is 18.3 Å². The van der Waals surface area contributed by atoms with Gasteiger partial charge in [0.05, 0.1) is 0 Å². The van der Waals surface area contributed by atoms with E-state index in [2.05, 4.69) is 0 Å². The van der Waals surface area contributed by atoms with E-state index in [1.807, 2.05) is 0 Å². The molecule has 0 atom stereocenters. The fourth-order valence-corrected chi connectivity index (χ4v) is 1.85. The van der Waals surface area contributed by atoms with Crippen molar-refractivity contribution in [2.24, 2.45) is 5.73 Å². The lowest BCUT2D eigenvalue weighted by Gasteiger charge is -2.14. The maximum atomic E-state index is 12.9. The third-order valence-electron chi connectivity index (χ3n) is 2.96. The van der Waals surface area contributed by atoms with Crippen molar-refractivity contribution in [3.8, 4) is 0 Å². The molecule has 0 spiro atoms. The van der Waals surface area contributed by atoms with E-state index < -0.39 is 0 Å². The second kappa shape index (κ2) is 3.17. The van der Waals surface area contributed by atoms with Crippen LogP contribution in [0.3, 0.4) is 0 Å². The number of benzene rings is 1. The number of rotatable bonds is 3. The highest BCUT2D eigenvalue weighted by Crippen LogP contribution is 2.48. The van der Waals surface area contributed by atoms with Crippen molar-refractivity contribution in [1.29, 1.82) is 0 Å². The molecule has 0 aromatic heterocycles. The molecular formula is C11H12FNO. The van der Waals surface area contributed by atoms with Crippen LogP contribution in [0.5, 0.6) is 0 Å². The average Bonchev–Trinajstić information content (AvgIpc) is 2.98. The summed E-state index contributed by atoms with van der Waals surface area (Å²) in [5, 5.41) is 0. The van der Waals surface area contributed by atoms with Gasteiger partial charge in [0.15, 0.2) is 0 Å². The summed E-state index contributed by atoms with van der Waals surface area (Å²) in [5.41, 5.74) is 6.94. The highest BCUT2D eigenvalue weighted by Gasteiger charge is 2.44. The topological polar surface area (TPSA) is 43.1 Å². The quantitative estimate of drug-likeness (QED) is 0.741. The lowest BCUT2D eigenvalue weighted by atomic mass is 9.92. The van der Waals surface area contributed by atoms with Gasteiger partial charge in [-0.3, -0.25) is 4.79 Å². The van der Waals surface area contributed by atoms with E-state index >= 15 is 0 Å². The molecule has 1 aromatic carbocycles. The second-order valence-corrected chi connectivity index (χ2v) is 3.83. The molecule has 0 bridgehead atoms. The summed E-state index contributed by atoms with van der Waals surface area (Å²) in [7, 11) is 0. The summed E-state index contributed by atoms with van der Waals surface area (Å²) in [6.07, 6.45) is 2.69. The molecule has 74 valence electrons. The Bertz CT molecular complexity index is 372. The molecule has 2 rings (SSSR count). The van der Waals surface area contributed by atoms with Crippen molar-refractivity contribution >= 4 is 6.29 Å². The van der Waals surface area contributed by atoms with Gasteiger partial charge in [-0.15, -0.1) is 0 Å². The number of aldehydes is 1. The molecule has 2 nitrogen and oxygen atoms in total. The van der Waals surface area contributed by atoms with Crippen LogP contribution in [0.2, 0.25) is 0 Å². The van der Waals surface area contributed by atoms with E-state index in [-0.39, 0.29) is 11.2 Å². The van der Waals surface area contributed by atoms with Crippen LogP contribution >= 0.6 is 0 Å². The minimum atomic E-state index is -0.372. The summed E-state index contributed by atoms with van der Waals surface area (Å²) >= 11 is 0. The summed E-state index contributed by atoms with van der Waals surface area (Å²) in [5.74, 6) is -0.372. The normalized spacial score (nSPS) is 17.9. The number of hydrogen-bond donors (Lipinski definition) is 1. The first-order chi connectivity index (χ1) is 6.72. The Morgan fingerprint density at radius 3 is 2.71 bits per heavy atom. The van der Waals surface area contributed by atoms with E-state index in [1.54, 1.807) is 6.07 Å². The lowest BCUT2D eigenvalue weighted by Crippen LogP contribution is -2.21. The highest BCUT2D eigenvalue weighted by molar-refractivity contribution is 5.78. The Hall–Kier alpha value is -1.22. The van der Waals surface area contributed by atoms with Crippen LogP contribution in [-0.2, 0) is 5.41 Å². The Labute approximate surface area is 81.9 Å². The van der Waals surface area contributed by atoms with Crippen molar-refractivity contribution in [3.05, 3.63) is 35.1 Å². The molecule has 1 fully saturated rings. The number of carbonyl (C=O) groups excluding carboxylic acids is 1. The minimum Gasteiger partial charge on any atom is -0.330 e. The van der Waals surface area contributed by atoms with Gasteiger partial charge in [-0.1, -0.05) is 6.07 Å². The minimum absolute atomic E-state index is 0.0516. The van der Waals surface area contributed by atoms with Gasteiger partial charge in [-0.25, -0.2) is 4.39 Å². The molecule has 1 aliphatic carbocycles. The highest BCUT2D eigenvalue weighted by atomic mass is 19.1. The van der Waals surface area contributed by atoms with Crippen LogP contribution in [0, 0.1) is 5.82 Å². The molecule has 3 heteroatoms. The van der Waals surface area contributed by atoms with Gasteiger partial charge in [0.2, 0.25) is 0 Å².